The molecule has 1 aliphatic rings. The van der Waals surface area contributed by atoms with Crippen LogP contribution in [0.25, 0.3) is 5.76 Å². The summed E-state index contributed by atoms with van der Waals surface area (Å²) in [5, 5.41) is 15.5. The summed E-state index contributed by atoms with van der Waals surface area (Å²) in [6.07, 6.45) is 0. The number of hydrogen-bond acceptors (Lipinski definition) is 6. The third-order valence-corrected chi connectivity index (χ3v) is 5.18. The van der Waals surface area contributed by atoms with Crippen molar-refractivity contribution in [3.63, 3.8) is 0 Å². The summed E-state index contributed by atoms with van der Waals surface area (Å²) in [6, 6.07) is 14.0. The molecule has 8 heteroatoms. The molecule has 2 aromatic carbocycles. The molecule has 1 aliphatic heterocycles. The molecule has 1 N–H and O–H groups in total. The van der Waals surface area contributed by atoms with Crippen LogP contribution in [0.1, 0.15) is 29.9 Å². The van der Waals surface area contributed by atoms with E-state index in [1.165, 1.54) is 4.90 Å². The van der Waals surface area contributed by atoms with Crippen LogP contribution in [0.4, 0.5) is 5.82 Å². The van der Waals surface area contributed by atoms with E-state index in [2.05, 4.69) is 5.16 Å². The van der Waals surface area contributed by atoms with E-state index in [4.69, 9.17) is 20.9 Å². The summed E-state index contributed by atoms with van der Waals surface area (Å²) >= 11 is 6.02. The molecular formula is C23H19ClN2O5. The third-order valence-electron chi connectivity index (χ3n) is 4.93. The predicted octanol–water partition coefficient (Wildman–Crippen LogP) is 4.66. The van der Waals surface area contributed by atoms with Crippen LogP contribution in [0.15, 0.2) is 64.7 Å². The zero-order valence-corrected chi connectivity index (χ0v) is 17.6. The highest BCUT2D eigenvalue weighted by Crippen LogP contribution is 2.42. The smallest absolute Gasteiger partial charge is 0.301 e. The van der Waals surface area contributed by atoms with E-state index in [9.17, 15) is 14.7 Å². The molecule has 1 atom stereocenters. The van der Waals surface area contributed by atoms with E-state index in [-0.39, 0.29) is 17.2 Å². The first-order valence-corrected chi connectivity index (χ1v) is 10.0. The van der Waals surface area contributed by atoms with Crippen molar-refractivity contribution < 1.29 is 24.0 Å². The Bertz CT molecular complexity index is 1170. The molecule has 1 amide bonds. The van der Waals surface area contributed by atoms with E-state index in [0.717, 1.165) is 0 Å². The van der Waals surface area contributed by atoms with Gasteiger partial charge in [0.15, 0.2) is 5.82 Å². The molecule has 7 nitrogen and oxygen atoms in total. The number of Topliss-reactive ketones (excluding diaryl/α,β-unsaturated/α-hetero) is 1. The fourth-order valence-corrected chi connectivity index (χ4v) is 3.65. The van der Waals surface area contributed by atoms with E-state index in [1.54, 1.807) is 61.5 Å². The van der Waals surface area contributed by atoms with Crippen LogP contribution >= 0.6 is 11.6 Å². The van der Waals surface area contributed by atoms with E-state index in [1.807, 2.05) is 6.92 Å². The zero-order chi connectivity index (χ0) is 22.1. The molecule has 0 aliphatic carbocycles. The lowest BCUT2D eigenvalue weighted by Gasteiger charge is -2.22. The summed E-state index contributed by atoms with van der Waals surface area (Å²) in [5.41, 5.74) is 0.936. The van der Waals surface area contributed by atoms with Crippen LogP contribution in [-0.4, -0.2) is 28.6 Å². The van der Waals surface area contributed by atoms with E-state index >= 15 is 0 Å². The van der Waals surface area contributed by atoms with Gasteiger partial charge in [-0.1, -0.05) is 28.9 Å². The monoisotopic (exact) mass is 438 g/mol. The van der Waals surface area contributed by atoms with Crippen molar-refractivity contribution in [3.8, 4) is 5.75 Å². The van der Waals surface area contributed by atoms with Gasteiger partial charge >= 0.3 is 5.91 Å². The number of aryl methyl sites for hydroxylation is 1. The van der Waals surface area contributed by atoms with Gasteiger partial charge in [0.2, 0.25) is 0 Å². The number of nitrogens with zero attached hydrogens (tertiary/aromatic N) is 2. The van der Waals surface area contributed by atoms with Gasteiger partial charge in [0.05, 0.1) is 18.2 Å². The molecule has 0 bridgehead atoms. The van der Waals surface area contributed by atoms with Crippen LogP contribution in [0.3, 0.4) is 0 Å². The van der Waals surface area contributed by atoms with Crippen LogP contribution in [0.2, 0.25) is 5.02 Å². The second-order valence-corrected chi connectivity index (χ2v) is 7.41. The number of anilines is 1. The molecule has 31 heavy (non-hydrogen) atoms. The maximum Gasteiger partial charge on any atom is 0.301 e. The average Bonchev–Trinajstić information content (AvgIpc) is 3.30. The van der Waals surface area contributed by atoms with Crippen molar-refractivity contribution in [1.29, 1.82) is 0 Å². The first-order valence-electron chi connectivity index (χ1n) is 9.63. The molecule has 0 spiro atoms. The Balaban J connectivity index is 1.87. The van der Waals surface area contributed by atoms with Crippen molar-refractivity contribution in [1.82, 2.24) is 5.16 Å². The van der Waals surface area contributed by atoms with Crippen molar-refractivity contribution in [2.45, 2.75) is 19.9 Å². The average molecular weight is 439 g/mol. The number of rotatable bonds is 5. The lowest BCUT2D eigenvalue weighted by Crippen LogP contribution is -2.29. The first-order chi connectivity index (χ1) is 14.9. The molecule has 158 valence electrons. The minimum Gasteiger partial charge on any atom is -0.507 e. The van der Waals surface area contributed by atoms with Gasteiger partial charge in [0, 0.05) is 16.7 Å². The van der Waals surface area contributed by atoms with Crippen molar-refractivity contribution in [2.75, 3.05) is 11.5 Å². The number of amides is 1. The van der Waals surface area contributed by atoms with Crippen molar-refractivity contribution in [3.05, 3.63) is 82.1 Å². The third kappa shape index (κ3) is 3.80. The first kappa shape index (κ1) is 20.7. The molecule has 1 saturated heterocycles. The van der Waals surface area contributed by atoms with Crippen LogP contribution in [0.5, 0.6) is 5.75 Å². The normalized spacial score (nSPS) is 17.9. The van der Waals surface area contributed by atoms with Crippen LogP contribution < -0.4 is 9.64 Å². The van der Waals surface area contributed by atoms with Crippen LogP contribution in [-0.2, 0) is 9.59 Å². The summed E-state index contributed by atoms with van der Waals surface area (Å²) < 4.78 is 10.5. The van der Waals surface area contributed by atoms with Gasteiger partial charge in [-0.05, 0) is 55.8 Å². The number of aliphatic hydroxyl groups is 1. The Kier molecular flexibility index (Phi) is 5.52. The zero-order valence-electron chi connectivity index (χ0n) is 16.8. The lowest BCUT2D eigenvalue weighted by atomic mass is 9.95. The molecule has 1 aromatic heterocycles. The van der Waals surface area contributed by atoms with E-state index < -0.39 is 17.7 Å². The SMILES string of the molecule is CCOc1ccc(C(O)=C2C(=O)C(=O)N(c3cc(C)on3)[C@H]2c2ccc(Cl)cc2)cc1. The maximum atomic E-state index is 13.0. The van der Waals surface area contributed by atoms with Gasteiger partial charge < -0.3 is 14.4 Å². The summed E-state index contributed by atoms with van der Waals surface area (Å²) in [4.78, 5) is 27.2. The number of ether oxygens (including phenoxy) is 1. The fraction of sp³-hybridized carbons (Fsp3) is 0.174. The van der Waals surface area contributed by atoms with Gasteiger partial charge in [-0.3, -0.25) is 14.5 Å². The fourth-order valence-electron chi connectivity index (χ4n) is 3.53. The molecule has 0 saturated carbocycles. The quantitative estimate of drug-likeness (QED) is 0.354. The largest absolute Gasteiger partial charge is 0.507 e. The standard InChI is InChI=1S/C23H19ClN2O5/c1-3-30-17-10-6-15(7-11-17)21(27)19-20(14-4-8-16(24)9-5-14)26(23(29)22(19)28)18-12-13(2)31-25-18/h4-12,20,27H,3H2,1-2H3/t20-/m0/s1. The second kappa shape index (κ2) is 8.28. The highest BCUT2D eigenvalue weighted by Gasteiger charge is 2.48. The van der Waals surface area contributed by atoms with Gasteiger partial charge in [-0.25, -0.2) is 0 Å². The summed E-state index contributed by atoms with van der Waals surface area (Å²) in [5.74, 6) is -0.604. The number of aromatic nitrogens is 1. The highest BCUT2D eigenvalue weighted by molar-refractivity contribution is 6.51. The number of benzene rings is 2. The summed E-state index contributed by atoms with van der Waals surface area (Å²) in [7, 11) is 0. The second-order valence-electron chi connectivity index (χ2n) is 6.97. The minimum absolute atomic E-state index is 0.0443. The molecule has 2 heterocycles. The Labute approximate surface area is 183 Å². The number of hydrogen-bond donors (Lipinski definition) is 1. The predicted molar refractivity (Wildman–Crippen MR) is 115 cm³/mol. The number of carbonyl (C=O) groups is 2. The highest BCUT2D eigenvalue weighted by atomic mass is 35.5. The molecule has 1 fully saturated rings. The number of aliphatic hydroxyl groups excluding tert-OH is 1. The van der Waals surface area contributed by atoms with Crippen LogP contribution in [0, 0.1) is 6.92 Å². The molecule has 4 rings (SSSR count). The molecule has 0 unspecified atom stereocenters. The Morgan fingerprint density at radius 1 is 1.16 bits per heavy atom. The Morgan fingerprint density at radius 2 is 1.84 bits per heavy atom. The maximum absolute atomic E-state index is 13.0. The minimum atomic E-state index is -0.895. The van der Waals surface area contributed by atoms with Gasteiger partial charge in [-0.2, -0.15) is 0 Å². The van der Waals surface area contributed by atoms with Gasteiger partial charge in [-0.15, -0.1) is 0 Å². The van der Waals surface area contributed by atoms with E-state index in [0.29, 0.717) is 34.3 Å². The lowest BCUT2D eigenvalue weighted by molar-refractivity contribution is -0.132. The Hall–Kier alpha value is -3.58. The number of ketones is 1. The summed E-state index contributed by atoms with van der Waals surface area (Å²) in [6.45, 7) is 4.06. The molecular weight excluding hydrogens is 420 g/mol. The topological polar surface area (TPSA) is 92.9 Å². The number of halogens is 1. The molecule has 3 aromatic rings. The van der Waals surface area contributed by atoms with Gasteiger partial charge in [0.25, 0.3) is 5.78 Å². The number of carbonyl (C=O) groups excluding carboxylic acids is 2. The Morgan fingerprint density at radius 3 is 2.42 bits per heavy atom. The van der Waals surface area contributed by atoms with Crippen molar-refractivity contribution in [2.24, 2.45) is 0 Å². The van der Waals surface area contributed by atoms with Crippen molar-refractivity contribution >= 4 is 34.9 Å². The van der Waals surface area contributed by atoms with Gasteiger partial charge in [0.1, 0.15) is 17.3 Å². The molecule has 0 radical (unpaired) electrons.